The van der Waals surface area contributed by atoms with Gasteiger partial charge in [0.05, 0.1) is 0 Å². The van der Waals surface area contributed by atoms with Crippen molar-refractivity contribution in [2.24, 2.45) is 0 Å². The molecule has 3 heteroatoms. The summed E-state index contributed by atoms with van der Waals surface area (Å²) in [4.78, 5) is 15.6. The Morgan fingerprint density at radius 3 is 2.68 bits per heavy atom. The van der Waals surface area contributed by atoms with E-state index in [1.54, 1.807) is 18.5 Å². The highest BCUT2D eigenvalue weighted by Gasteiger charge is 1.99. The van der Waals surface area contributed by atoms with E-state index < -0.39 is 0 Å². The van der Waals surface area contributed by atoms with E-state index in [0.29, 0.717) is 6.54 Å². The summed E-state index contributed by atoms with van der Waals surface area (Å²) in [7, 11) is 0. The van der Waals surface area contributed by atoms with Crippen molar-refractivity contribution < 1.29 is 4.79 Å². The summed E-state index contributed by atoms with van der Waals surface area (Å²) >= 11 is 0. The molecule has 1 aromatic carbocycles. The van der Waals surface area contributed by atoms with Crippen molar-refractivity contribution in [3.05, 3.63) is 71.6 Å². The molecule has 96 valence electrons. The molecule has 0 saturated heterocycles. The second-order valence-electron chi connectivity index (χ2n) is 4.26. The summed E-state index contributed by atoms with van der Waals surface area (Å²) in [6.07, 6.45) is 6.71. The molecule has 0 saturated carbocycles. The van der Waals surface area contributed by atoms with Gasteiger partial charge in [-0.25, -0.2) is 0 Å². The molecule has 2 rings (SSSR count). The SMILES string of the molecule is Cc1ccccc1CNC(=O)/C=C/c1ccncc1. The largest absolute Gasteiger partial charge is 0.348 e. The summed E-state index contributed by atoms with van der Waals surface area (Å²) < 4.78 is 0. The highest BCUT2D eigenvalue weighted by atomic mass is 16.1. The molecule has 3 nitrogen and oxygen atoms in total. The first kappa shape index (κ1) is 13.0. The summed E-state index contributed by atoms with van der Waals surface area (Å²) in [5.74, 6) is -0.0972. The van der Waals surface area contributed by atoms with Crippen molar-refractivity contribution in [3.63, 3.8) is 0 Å². The number of hydrogen-bond donors (Lipinski definition) is 1. The van der Waals surface area contributed by atoms with Crippen LogP contribution in [0.25, 0.3) is 6.08 Å². The lowest BCUT2D eigenvalue weighted by Crippen LogP contribution is -2.20. The minimum atomic E-state index is -0.0972. The zero-order chi connectivity index (χ0) is 13.5. The fraction of sp³-hybridized carbons (Fsp3) is 0.125. The minimum Gasteiger partial charge on any atom is -0.348 e. The van der Waals surface area contributed by atoms with Crippen molar-refractivity contribution in [1.29, 1.82) is 0 Å². The molecule has 1 aromatic heterocycles. The van der Waals surface area contributed by atoms with Gasteiger partial charge in [0.2, 0.25) is 5.91 Å². The van der Waals surface area contributed by atoms with Crippen LogP contribution < -0.4 is 5.32 Å². The lowest BCUT2D eigenvalue weighted by molar-refractivity contribution is -0.116. The Labute approximate surface area is 113 Å². The molecule has 0 aliphatic heterocycles. The van der Waals surface area contributed by atoms with Crippen LogP contribution in [0.3, 0.4) is 0 Å². The molecule has 1 heterocycles. The molecule has 19 heavy (non-hydrogen) atoms. The Hall–Kier alpha value is -2.42. The van der Waals surface area contributed by atoms with Gasteiger partial charge >= 0.3 is 0 Å². The van der Waals surface area contributed by atoms with Gasteiger partial charge in [0, 0.05) is 25.0 Å². The molecule has 0 aliphatic rings. The van der Waals surface area contributed by atoms with Gasteiger partial charge in [-0.2, -0.15) is 0 Å². The molecule has 0 unspecified atom stereocenters. The maximum atomic E-state index is 11.7. The topological polar surface area (TPSA) is 42.0 Å². The van der Waals surface area contributed by atoms with Gasteiger partial charge in [-0.3, -0.25) is 9.78 Å². The lowest BCUT2D eigenvalue weighted by atomic mass is 10.1. The Morgan fingerprint density at radius 2 is 1.95 bits per heavy atom. The lowest BCUT2D eigenvalue weighted by Gasteiger charge is -2.05. The van der Waals surface area contributed by atoms with E-state index in [1.807, 2.05) is 43.3 Å². The van der Waals surface area contributed by atoms with Crippen LogP contribution in [0.5, 0.6) is 0 Å². The number of nitrogens with zero attached hydrogens (tertiary/aromatic N) is 1. The molecule has 0 bridgehead atoms. The van der Waals surface area contributed by atoms with Crippen LogP contribution in [0, 0.1) is 6.92 Å². The summed E-state index contributed by atoms with van der Waals surface area (Å²) in [5, 5.41) is 2.87. The molecule has 0 spiro atoms. The monoisotopic (exact) mass is 252 g/mol. The van der Waals surface area contributed by atoms with Crippen LogP contribution >= 0.6 is 0 Å². The predicted molar refractivity (Wildman–Crippen MR) is 76.3 cm³/mol. The van der Waals surface area contributed by atoms with E-state index >= 15 is 0 Å². The predicted octanol–water partition coefficient (Wildman–Crippen LogP) is 2.72. The Morgan fingerprint density at radius 1 is 1.21 bits per heavy atom. The highest BCUT2D eigenvalue weighted by Crippen LogP contribution is 2.06. The smallest absolute Gasteiger partial charge is 0.244 e. The normalized spacial score (nSPS) is 10.6. The zero-order valence-electron chi connectivity index (χ0n) is 10.8. The van der Waals surface area contributed by atoms with Crippen LogP contribution in [0.4, 0.5) is 0 Å². The molecular weight excluding hydrogens is 236 g/mol. The van der Waals surface area contributed by atoms with Gasteiger partial charge in [-0.1, -0.05) is 24.3 Å². The fourth-order valence-electron chi connectivity index (χ4n) is 1.70. The van der Waals surface area contributed by atoms with E-state index in [2.05, 4.69) is 10.3 Å². The molecular formula is C16H16N2O. The van der Waals surface area contributed by atoms with Crippen LogP contribution in [-0.4, -0.2) is 10.9 Å². The number of amides is 1. The van der Waals surface area contributed by atoms with Crippen molar-refractivity contribution in [3.8, 4) is 0 Å². The van der Waals surface area contributed by atoms with Crippen LogP contribution in [0.2, 0.25) is 0 Å². The first-order chi connectivity index (χ1) is 9.25. The molecule has 1 N–H and O–H groups in total. The average molecular weight is 252 g/mol. The maximum absolute atomic E-state index is 11.7. The number of benzene rings is 1. The quantitative estimate of drug-likeness (QED) is 0.850. The van der Waals surface area contributed by atoms with Crippen molar-refractivity contribution in [2.75, 3.05) is 0 Å². The van der Waals surface area contributed by atoms with E-state index in [1.165, 1.54) is 11.6 Å². The third-order valence-electron chi connectivity index (χ3n) is 2.85. The van der Waals surface area contributed by atoms with E-state index in [0.717, 1.165) is 11.1 Å². The highest BCUT2D eigenvalue weighted by molar-refractivity contribution is 5.91. The fourth-order valence-corrected chi connectivity index (χ4v) is 1.70. The Kier molecular flexibility index (Phi) is 4.45. The van der Waals surface area contributed by atoms with Gasteiger partial charge in [-0.15, -0.1) is 0 Å². The number of carbonyl (C=O) groups excluding carboxylic acids is 1. The molecule has 0 aliphatic carbocycles. The number of carbonyl (C=O) groups is 1. The Bertz CT molecular complexity index is 576. The van der Waals surface area contributed by atoms with E-state index in [4.69, 9.17) is 0 Å². The number of aromatic nitrogens is 1. The summed E-state index contributed by atoms with van der Waals surface area (Å²) in [6, 6.07) is 11.7. The molecule has 1 amide bonds. The van der Waals surface area contributed by atoms with Gasteiger partial charge in [0.1, 0.15) is 0 Å². The molecule has 0 fully saturated rings. The number of hydrogen-bond acceptors (Lipinski definition) is 2. The van der Waals surface area contributed by atoms with Gasteiger partial charge < -0.3 is 5.32 Å². The zero-order valence-corrected chi connectivity index (χ0v) is 10.8. The number of aryl methyl sites for hydroxylation is 1. The van der Waals surface area contributed by atoms with Crippen molar-refractivity contribution in [2.45, 2.75) is 13.5 Å². The third-order valence-corrected chi connectivity index (χ3v) is 2.85. The summed E-state index contributed by atoms with van der Waals surface area (Å²) in [6.45, 7) is 2.58. The standard InChI is InChI=1S/C16H16N2O/c1-13-4-2-3-5-15(13)12-18-16(19)7-6-14-8-10-17-11-9-14/h2-11H,12H2,1H3,(H,18,19)/b7-6+. The van der Waals surface area contributed by atoms with Crippen LogP contribution in [-0.2, 0) is 11.3 Å². The van der Waals surface area contributed by atoms with Gasteiger partial charge in [0.15, 0.2) is 0 Å². The van der Waals surface area contributed by atoms with E-state index in [-0.39, 0.29) is 5.91 Å². The first-order valence-corrected chi connectivity index (χ1v) is 6.16. The molecule has 0 radical (unpaired) electrons. The second kappa shape index (κ2) is 6.50. The minimum absolute atomic E-state index is 0.0972. The number of rotatable bonds is 4. The Balaban J connectivity index is 1.89. The van der Waals surface area contributed by atoms with Gasteiger partial charge in [0.25, 0.3) is 0 Å². The maximum Gasteiger partial charge on any atom is 0.244 e. The molecule has 0 atom stereocenters. The number of nitrogens with one attached hydrogen (secondary N) is 1. The van der Waals surface area contributed by atoms with Crippen molar-refractivity contribution >= 4 is 12.0 Å². The average Bonchev–Trinajstić information content (AvgIpc) is 2.45. The third kappa shape index (κ3) is 4.07. The first-order valence-electron chi connectivity index (χ1n) is 6.16. The molecule has 2 aromatic rings. The number of pyridine rings is 1. The van der Waals surface area contributed by atoms with E-state index in [9.17, 15) is 4.79 Å². The second-order valence-corrected chi connectivity index (χ2v) is 4.26. The summed E-state index contributed by atoms with van der Waals surface area (Å²) in [5.41, 5.74) is 3.27. The van der Waals surface area contributed by atoms with Gasteiger partial charge in [-0.05, 0) is 41.8 Å². The van der Waals surface area contributed by atoms with Crippen LogP contribution in [0.1, 0.15) is 16.7 Å². The van der Waals surface area contributed by atoms with Crippen molar-refractivity contribution in [1.82, 2.24) is 10.3 Å². The van der Waals surface area contributed by atoms with Crippen LogP contribution in [0.15, 0.2) is 54.9 Å².